The van der Waals surface area contributed by atoms with E-state index in [1.54, 1.807) is 5.38 Å². The molecule has 0 bridgehead atoms. The number of aliphatic hydroxyl groups excluding tert-OH is 1. The van der Waals surface area contributed by atoms with Crippen molar-refractivity contribution in [3.63, 3.8) is 0 Å². The summed E-state index contributed by atoms with van der Waals surface area (Å²) in [6.07, 6.45) is 0.405. The van der Waals surface area contributed by atoms with Gasteiger partial charge in [0.25, 0.3) is 0 Å². The fourth-order valence-electron chi connectivity index (χ4n) is 1.21. The number of nitrogens with zero attached hydrogens (tertiary/aromatic N) is 1. The van der Waals surface area contributed by atoms with Crippen LogP contribution < -0.4 is 0 Å². The Morgan fingerprint density at radius 1 is 1.56 bits per heavy atom. The minimum absolute atomic E-state index is 0.101. The third-order valence-electron chi connectivity index (χ3n) is 1.90. The van der Waals surface area contributed by atoms with Crippen LogP contribution >= 0.6 is 34.3 Å². The zero-order chi connectivity index (χ0) is 11.7. The van der Waals surface area contributed by atoms with E-state index < -0.39 is 12.1 Å². The molecule has 0 amide bonds. The Balaban J connectivity index is 2.37. The Morgan fingerprint density at radius 2 is 2.31 bits per heavy atom. The molecular formula is C9H6ClNO3S2. The van der Waals surface area contributed by atoms with Gasteiger partial charge >= 0.3 is 5.97 Å². The van der Waals surface area contributed by atoms with E-state index in [0.717, 1.165) is 11.3 Å². The average Bonchev–Trinajstić information content (AvgIpc) is 2.84. The fraction of sp³-hybridized carbons (Fsp3) is 0.111. The van der Waals surface area contributed by atoms with Gasteiger partial charge in [-0.1, -0.05) is 11.6 Å². The maximum atomic E-state index is 10.9. The minimum Gasteiger partial charge on any atom is -0.478 e. The summed E-state index contributed by atoms with van der Waals surface area (Å²) in [5.74, 6) is -1.06. The van der Waals surface area contributed by atoms with Crippen molar-refractivity contribution in [2.75, 3.05) is 0 Å². The number of carboxylic acid groups (broad SMARTS) is 1. The molecule has 0 saturated heterocycles. The van der Waals surface area contributed by atoms with Crippen molar-refractivity contribution in [3.8, 4) is 0 Å². The van der Waals surface area contributed by atoms with Gasteiger partial charge in [-0.25, -0.2) is 9.78 Å². The lowest BCUT2D eigenvalue weighted by molar-refractivity contribution is 0.0692. The lowest BCUT2D eigenvalue weighted by Crippen LogP contribution is -2.04. The molecule has 0 aliphatic carbocycles. The zero-order valence-electron chi connectivity index (χ0n) is 7.75. The van der Waals surface area contributed by atoms with Crippen LogP contribution in [-0.4, -0.2) is 21.2 Å². The normalized spacial score (nSPS) is 12.6. The lowest BCUT2D eigenvalue weighted by atomic mass is 10.2. The van der Waals surface area contributed by atoms with E-state index in [9.17, 15) is 9.90 Å². The van der Waals surface area contributed by atoms with Crippen LogP contribution in [-0.2, 0) is 0 Å². The number of aromatic nitrogens is 1. The summed E-state index contributed by atoms with van der Waals surface area (Å²) in [5.41, 5.74) is 0.101. The highest BCUT2D eigenvalue weighted by molar-refractivity contribution is 7.16. The van der Waals surface area contributed by atoms with Gasteiger partial charge in [-0.05, 0) is 11.4 Å². The van der Waals surface area contributed by atoms with Crippen molar-refractivity contribution in [3.05, 3.63) is 37.4 Å². The number of rotatable bonds is 3. The van der Waals surface area contributed by atoms with Gasteiger partial charge in [0.2, 0.25) is 0 Å². The maximum absolute atomic E-state index is 10.9. The molecular weight excluding hydrogens is 270 g/mol. The Hall–Kier alpha value is -0.950. The second-order valence-electron chi connectivity index (χ2n) is 2.91. The van der Waals surface area contributed by atoms with E-state index in [0.29, 0.717) is 14.2 Å². The zero-order valence-corrected chi connectivity index (χ0v) is 10.1. The Bertz CT molecular complexity index is 522. The molecule has 0 aliphatic rings. The molecule has 0 spiro atoms. The van der Waals surface area contributed by atoms with Crippen molar-refractivity contribution in [1.82, 2.24) is 4.98 Å². The van der Waals surface area contributed by atoms with E-state index in [1.165, 1.54) is 23.6 Å². The second-order valence-corrected chi connectivity index (χ2v) is 5.55. The van der Waals surface area contributed by atoms with E-state index in [1.807, 2.05) is 0 Å². The SMILES string of the molecule is O=C(O)c1ccsc1C(O)c1ncc(Cl)s1. The Kier molecular flexibility index (Phi) is 3.25. The van der Waals surface area contributed by atoms with E-state index >= 15 is 0 Å². The van der Waals surface area contributed by atoms with Crippen LogP contribution in [0, 0.1) is 0 Å². The molecule has 0 saturated carbocycles. The largest absolute Gasteiger partial charge is 0.478 e. The molecule has 2 aromatic heterocycles. The van der Waals surface area contributed by atoms with Gasteiger partial charge < -0.3 is 10.2 Å². The standard InChI is InChI=1S/C9H6ClNO3S2/c10-5-3-11-8(16-5)6(12)7-4(9(13)14)1-2-15-7/h1-3,6,12H,(H,13,14). The third kappa shape index (κ3) is 2.10. The summed E-state index contributed by atoms with van der Waals surface area (Å²) in [6, 6.07) is 1.46. The van der Waals surface area contributed by atoms with E-state index in [2.05, 4.69) is 4.98 Å². The van der Waals surface area contributed by atoms with E-state index in [4.69, 9.17) is 16.7 Å². The van der Waals surface area contributed by atoms with Crippen molar-refractivity contribution < 1.29 is 15.0 Å². The van der Waals surface area contributed by atoms with Crippen molar-refractivity contribution in [2.24, 2.45) is 0 Å². The molecule has 0 fully saturated rings. The molecule has 0 aliphatic heterocycles. The maximum Gasteiger partial charge on any atom is 0.336 e. The van der Waals surface area contributed by atoms with Crippen LogP contribution in [0.4, 0.5) is 0 Å². The first-order chi connectivity index (χ1) is 7.59. The molecule has 84 valence electrons. The molecule has 1 unspecified atom stereocenters. The predicted molar refractivity (Wildman–Crippen MR) is 62.5 cm³/mol. The van der Waals surface area contributed by atoms with Crippen molar-refractivity contribution in [1.29, 1.82) is 0 Å². The third-order valence-corrected chi connectivity index (χ3v) is 4.04. The lowest BCUT2D eigenvalue weighted by Gasteiger charge is -2.05. The Labute approximate surface area is 104 Å². The van der Waals surface area contributed by atoms with Gasteiger partial charge in [0, 0.05) is 0 Å². The summed E-state index contributed by atoms with van der Waals surface area (Å²) in [4.78, 5) is 15.2. The number of hydrogen-bond acceptors (Lipinski definition) is 5. The van der Waals surface area contributed by atoms with Gasteiger partial charge in [0.05, 0.1) is 16.6 Å². The Morgan fingerprint density at radius 3 is 2.88 bits per heavy atom. The second kappa shape index (κ2) is 4.50. The summed E-state index contributed by atoms with van der Waals surface area (Å²) >= 11 is 8.02. The van der Waals surface area contributed by atoms with Crippen LogP contribution in [0.25, 0.3) is 0 Å². The molecule has 7 heteroatoms. The summed E-state index contributed by atoms with van der Waals surface area (Å²) in [7, 11) is 0. The smallest absolute Gasteiger partial charge is 0.336 e. The van der Waals surface area contributed by atoms with Gasteiger partial charge in [0.15, 0.2) is 0 Å². The molecule has 4 nitrogen and oxygen atoms in total. The first kappa shape index (κ1) is 11.5. The van der Waals surface area contributed by atoms with Gasteiger partial charge in [-0.3, -0.25) is 0 Å². The number of thiazole rings is 1. The monoisotopic (exact) mass is 275 g/mol. The number of halogens is 1. The first-order valence-electron chi connectivity index (χ1n) is 4.19. The first-order valence-corrected chi connectivity index (χ1v) is 6.27. The molecule has 2 rings (SSSR count). The fourth-order valence-corrected chi connectivity index (χ4v) is 3.09. The van der Waals surface area contributed by atoms with Crippen molar-refractivity contribution >= 4 is 40.2 Å². The number of carboxylic acids is 1. The highest BCUT2D eigenvalue weighted by Crippen LogP contribution is 2.33. The van der Waals surface area contributed by atoms with Gasteiger partial charge in [-0.15, -0.1) is 22.7 Å². The highest BCUT2D eigenvalue weighted by Gasteiger charge is 2.22. The topological polar surface area (TPSA) is 70.4 Å². The molecule has 2 N–H and O–H groups in total. The van der Waals surface area contributed by atoms with Gasteiger partial charge in [0.1, 0.15) is 15.4 Å². The molecule has 2 aromatic rings. The number of carbonyl (C=O) groups is 1. The average molecular weight is 276 g/mol. The summed E-state index contributed by atoms with van der Waals surface area (Å²) in [6.45, 7) is 0. The van der Waals surface area contributed by atoms with Crippen LogP contribution in [0.1, 0.15) is 26.3 Å². The van der Waals surface area contributed by atoms with Crippen LogP contribution in [0.2, 0.25) is 4.34 Å². The summed E-state index contributed by atoms with van der Waals surface area (Å²) in [5, 5.41) is 20.9. The molecule has 1 atom stereocenters. The molecule has 0 radical (unpaired) electrons. The quantitative estimate of drug-likeness (QED) is 0.903. The number of thiophene rings is 1. The van der Waals surface area contributed by atoms with Crippen LogP contribution in [0.3, 0.4) is 0 Å². The number of aliphatic hydroxyl groups is 1. The minimum atomic E-state index is -1.06. The van der Waals surface area contributed by atoms with Crippen molar-refractivity contribution in [2.45, 2.75) is 6.10 Å². The molecule has 16 heavy (non-hydrogen) atoms. The van der Waals surface area contributed by atoms with Gasteiger partial charge in [-0.2, -0.15) is 0 Å². The molecule has 2 heterocycles. The number of hydrogen-bond donors (Lipinski definition) is 2. The van der Waals surface area contributed by atoms with Crippen LogP contribution in [0.5, 0.6) is 0 Å². The summed E-state index contributed by atoms with van der Waals surface area (Å²) < 4.78 is 0.461. The van der Waals surface area contributed by atoms with E-state index in [-0.39, 0.29) is 5.56 Å². The van der Waals surface area contributed by atoms with Crippen LogP contribution in [0.15, 0.2) is 17.6 Å². The number of aromatic carboxylic acids is 1. The molecule has 0 aromatic carbocycles. The predicted octanol–water partition coefficient (Wildman–Crippen LogP) is 2.64. The highest BCUT2D eigenvalue weighted by atomic mass is 35.5.